The molecule has 1 radical (unpaired) electrons. The molecule has 4 rings (SSSR count). The van der Waals surface area contributed by atoms with Gasteiger partial charge in [-0.1, -0.05) is 41.9 Å². The van der Waals surface area contributed by atoms with Crippen LogP contribution in [-0.2, 0) is 20.1 Å². The molecule has 0 fully saturated rings. The summed E-state index contributed by atoms with van der Waals surface area (Å²) in [4.78, 5) is 0. The molecular weight excluding hydrogens is 472 g/mol. The number of fused-ring (bicyclic) bond motifs is 2. The average Bonchev–Trinajstić information content (AvgIpc) is 2.55. The minimum Gasteiger partial charge on any atom is -0.199 e. The summed E-state index contributed by atoms with van der Waals surface area (Å²) in [6.45, 7) is 0. The van der Waals surface area contributed by atoms with E-state index in [4.69, 9.17) is 11.6 Å². The second kappa shape index (κ2) is 6.13. The summed E-state index contributed by atoms with van der Waals surface area (Å²) in [6, 6.07) is 23.3. The summed E-state index contributed by atoms with van der Waals surface area (Å²) < 4.78 is 0. The minimum absolute atomic E-state index is 0. The minimum atomic E-state index is 0. The standard InChI is InChI=1S/C18H10ClN2.Ir/c19-18-16-11-14-9-5-4-8-13(14)10-15(16)17(20-21-18)12-6-2-1-3-7-12;/h1-6,8-11H;/q-1;. The molecule has 0 bridgehead atoms. The Morgan fingerprint density at radius 3 is 2.18 bits per heavy atom. The van der Waals surface area contributed by atoms with E-state index in [0.717, 1.165) is 32.8 Å². The zero-order valence-corrected chi connectivity index (χ0v) is 14.5. The van der Waals surface area contributed by atoms with E-state index in [2.05, 4.69) is 40.5 Å². The predicted octanol–water partition coefficient (Wildman–Crippen LogP) is 4.90. The van der Waals surface area contributed by atoms with E-state index >= 15 is 0 Å². The Morgan fingerprint density at radius 1 is 0.818 bits per heavy atom. The van der Waals surface area contributed by atoms with Crippen molar-refractivity contribution in [1.29, 1.82) is 0 Å². The van der Waals surface area contributed by atoms with Crippen LogP contribution in [0.1, 0.15) is 0 Å². The molecule has 4 aromatic rings. The Hall–Kier alpha value is -1.80. The van der Waals surface area contributed by atoms with Gasteiger partial charge in [0.15, 0.2) is 5.15 Å². The van der Waals surface area contributed by atoms with Crippen molar-refractivity contribution in [2.75, 3.05) is 0 Å². The first-order valence-electron chi connectivity index (χ1n) is 6.65. The van der Waals surface area contributed by atoms with Crippen molar-refractivity contribution >= 4 is 33.1 Å². The number of halogens is 1. The number of hydrogen-bond donors (Lipinski definition) is 0. The normalized spacial score (nSPS) is 10.6. The first-order chi connectivity index (χ1) is 10.3. The van der Waals surface area contributed by atoms with Gasteiger partial charge in [0.2, 0.25) is 0 Å². The Balaban J connectivity index is 0.00000144. The molecule has 109 valence electrons. The zero-order chi connectivity index (χ0) is 14.2. The Labute approximate surface area is 146 Å². The molecule has 22 heavy (non-hydrogen) atoms. The van der Waals surface area contributed by atoms with Crippen LogP contribution in [0.3, 0.4) is 0 Å². The van der Waals surface area contributed by atoms with Crippen LogP contribution < -0.4 is 0 Å². The largest absolute Gasteiger partial charge is 0.199 e. The molecule has 0 unspecified atom stereocenters. The van der Waals surface area contributed by atoms with E-state index in [1.165, 1.54) is 0 Å². The van der Waals surface area contributed by atoms with Gasteiger partial charge in [0.1, 0.15) is 0 Å². The van der Waals surface area contributed by atoms with Crippen molar-refractivity contribution in [3.8, 4) is 11.3 Å². The second-order valence-corrected chi connectivity index (χ2v) is 5.22. The van der Waals surface area contributed by atoms with Gasteiger partial charge in [-0.3, -0.25) is 0 Å². The van der Waals surface area contributed by atoms with Crippen LogP contribution in [0.15, 0.2) is 60.7 Å². The Morgan fingerprint density at radius 2 is 1.50 bits per heavy atom. The van der Waals surface area contributed by atoms with Gasteiger partial charge in [-0.05, 0) is 22.2 Å². The smallest absolute Gasteiger partial charge is 0.157 e. The topological polar surface area (TPSA) is 25.8 Å². The third-order valence-corrected chi connectivity index (χ3v) is 3.84. The molecular formula is C18H10ClIrN2-. The molecule has 4 heteroatoms. The van der Waals surface area contributed by atoms with Crippen molar-refractivity contribution in [2.24, 2.45) is 0 Å². The summed E-state index contributed by atoms with van der Waals surface area (Å²) >= 11 is 6.23. The average molecular weight is 482 g/mol. The first kappa shape index (κ1) is 15.1. The molecule has 2 nitrogen and oxygen atoms in total. The Kier molecular flexibility index (Phi) is 4.21. The van der Waals surface area contributed by atoms with Crippen molar-refractivity contribution < 1.29 is 20.1 Å². The number of hydrogen-bond acceptors (Lipinski definition) is 2. The fourth-order valence-electron chi connectivity index (χ4n) is 2.55. The molecule has 1 aromatic heterocycles. The maximum Gasteiger partial charge on any atom is 0.157 e. The quantitative estimate of drug-likeness (QED) is 0.285. The SMILES string of the molecule is Clc1nnc(-c2[c-]cccc2)c2cc3ccccc3cc12.[Ir]. The molecule has 1 heterocycles. The van der Waals surface area contributed by atoms with Crippen LogP contribution >= 0.6 is 11.6 Å². The molecule has 0 spiro atoms. The molecule has 0 aliphatic rings. The maximum absolute atomic E-state index is 6.23. The van der Waals surface area contributed by atoms with Crippen molar-refractivity contribution in [1.82, 2.24) is 10.2 Å². The van der Waals surface area contributed by atoms with Gasteiger partial charge in [0.05, 0.1) is 0 Å². The number of nitrogens with zero attached hydrogens (tertiary/aromatic N) is 2. The molecule has 0 saturated carbocycles. The summed E-state index contributed by atoms with van der Waals surface area (Å²) in [5.74, 6) is 0. The van der Waals surface area contributed by atoms with Gasteiger partial charge in [0, 0.05) is 31.2 Å². The van der Waals surface area contributed by atoms with E-state index in [1.807, 2.05) is 36.4 Å². The van der Waals surface area contributed by atoms with Gasteiger partial charge in [-0.15, -0.1) is 41.0 Å². The molecule has 0 atom stereocenters. The van der Waals surface area contributed by atoms with Gasteiger partial charge in [-0.25, -0.2) is 0 Å². The first-order valence-corrected chi connectivity index (χ1v) is 7.02. The zero-order valence-electron chi connectivity index (χ0n) is 11.4. The van der Waals surface area contributed by atoms with E-state index in [-0.39, 0.29) is 20.1 Å². The van der Waals surface area contributed by atoms with Crippen LogP contribution in [0.25, 0.3) is 32.8 Å². The van der Waals surface area contributed by atoms with Gasteiger partial charge < -0.3 is 0 Å². The summed E-state index contributed by atoms with van der Waals surface area (Å²) in [5.41, 5.74) is 1.72. The van der Waals surface area contributed by atoms with Crippen molar-refractivity contribution in [3.63, 3.8) is 0 Å². The van der Waals surface area contributed by atoms with E-state index in [1.54, 1.807) is 0 Å². The Bertz CT molecular complexity index is 955. The van der Waals surface area contributed by atoms with Crippen molar-refractivity contribution in [3.05, 3.63) is 71.9 Å². The van der Waals surface area contributed by atoms with Gasteiger partial charge >= 0.3 is 0 Å². The third-order valence-electron chi connectivity index (χ3n) is 3.57. The van der Waals surface area contributed by atoms with Crippen LogP contribution in [0.5, 0.6) is 0 Å². The molecule has 3 aromatic carbocycles. The fraction of sp³-hybridized carbons (Fsp3) is 0. The summed E-state index contributed by atoms with van der Waals surface area (Å²) in [7, 11) is 0. The second-order valence-electron chi connectivity index (χ2n) is 4.86. The maximum atomic E-state index is 6.23. The van der Waals surface area contributed by atoms with Crippen LogP contribution in [0.2, 0.25) is 5.15 Å². The summed E-state index contributed by atoms with van der Waals surface area (Å²) in [6.07, 6.45) is 0. The third kappa shape index (κ3) is 2.52. The van der Waals surface area contributed by atoms with Crippen LogP contribution in [0.4, 0.5) is 0 Å². The van der Waals surface area contributed by atoms with E-state index in [9.17, 15) is 0 Å². The molecule has 0 saturated heterocycles. The van der Waals surface area contributed by atoms with E-state index in [0.29, 0.717) is 5.15 Å². The van der Waals surface area contributed by atoms with Crippen molar-refractivity contribution in [2.45, 2.75) is 0 Å². The monoisotopic (exact) mass is 482 g/mol. The number of rotatable bonds is 1. The number of aromatic nitrogens is 2. The predicted molar refractivity (Wildman–Crippen MR) is 86.3 cm³/mol. The van der Waals surface area contributed by atoms with E-state index < -0.39 is 0 Å². The van der Waals surface area contributed by atoms with Crippen LogP contribution in [0, 0.1) is 6.07 Å². The fourth-order valence-corrected chi connectivity index (χ4v) is 2.74. The molecule has 0 aliphatic carbocycles. The molecule has 0 aliphatic heterocycles. The summed E-state index contributed by atoms with van der Waals surface area (Å²) in [5, 5.41) is 13.0. The molecule has 0 N–H and O–H groups in total. The van der Waals surface area contributed by atoms with Crippen LogP contribution in [-0.4, -0.2) is 10.2 Å². The van der Waals surface area contributed by atoms with Gasteiger partial charge in [-0.2, -0.15) is 5.10 Å². The number of benzene rings is 3. The van der Waals surface area contributed by atoms with Gasteiger partial charge in [0.25, 0.3) is 0 Å². The molecule has 0 amide bonds.